The number of rotatable bonds is 10. The van der Waals surface area contributed by atoms with Crippen LogP contribution in [0.2, 0.25) is 0 Å². The summed E-state index contributed by atoms with van der Waals surface area (Å²) >= 11 is 0. The van der Waals surface area contributed by atoms with Gasteiger partial charge in [0.05, 0.1) is 23.8 Å². The summed E-state index contributed by atoms with van der Waals surface area (Å²) in [5, 5.41) is 15.0. The fraction of sp³-hybridized carbons (Fsp3) is 0.344. The minimum atomic E-state index is -1.07. The molecule has 2 aromatic carbocycles. The van der Waals surface area contributed by atoms with Crippen LogP contribution < -0.4 is 15.5 Å². The van der Waals surface area contributed by atoms with Crippen molar-refractivity contribution in [2.24, 2.45) is 5.92 Å². The standard InChI is InChI=1S/C32H35N5O6/c38-29(39)19-26(25-8-4-13-33-20-25)34-30(40)24-11-12-28(36-14-5-15-37(17-16-36)31(41)23-9-10-23)27(18-24)35-32(42)43-21-22-6-2-1-3-7-22/h1-4,6-8,11-13,18,20,23,26H,5,9-10,14-17,19,21H2,(H,34,40)(H,35,42)(H,38,39). The number of nitrogens with zero attached hydrogens (tertiary/aromatic N) is 3. The predicted octanol–water partition coefficient (Wildman–Crippen LogP) is 4.22. The van der Waals surface area contributed by atoms with E-state index in [1.54, 1.807) is 36.5 Å². The Labute approximate surface area is 249 Å². The van der Waals surface area contributed by atoms with Crippen molar-refractivity contribution in [2.75, 3.05) is 36.4 Å². The van der Waals surface area contributed by atoms with Crippen LogP contribution in [0.4, 0.5) is 16.2 Å². The van der Waals surface area contributed by atoms with Crippen LogP contribution >= 0.6 is 0 Å². The molecule has 3 aromatic rings. The van der Waals surface area contributed by atoms with Crippen molar-refractivity contribution >= 4 is 35.3 Å². The zero-order chi connectivity index (χ0) is 30.2. The molecular weight excluding hydrogens is 550 g/mol. The molecule has 11 nitrogen and oxygen atoms in total. The first-order chi connectivity index (χ1) is 20.9. The van der Waals surface area contributed by atoms with E-state index in [0.29, 0.717) is 43.1 Å². The minimum absolute atomic E-state index is 0.0755. The second kappa shape index (κ2) is 13.8. The lowest BCUT2D eigenvalue weighted by atomic mass is 10.0. The van der Waals surface area contributed by atoms with Crippen LogP contribution in [0.15, 0.2) is 73.1 Å². The van der Waals surface area contributed by atoms with Crippen LogP contribution in [0.5, 0.6) is 0 Å². The molecule has 1 aliphatic heterocycles. The zero-order valence-corrected chi connectivity index (χ0v) is 23.8. The quantitative estimate of drug-likeness (QED) is 0.321. The van der Waals surface area contributed by atoms with E-state index in [0.717, 1.165) is 24.8 Å². The van der Waals surface area contributed by atoms with E-state index in [-0.39, 0.29) is 30.4 Å². The van der Waals surface area contributed by atoms with Gasteiger partial charge in [-0.1, -0.05) is 36.4 Å². The fourth-order valence-electron chi connectivity index (χ4n) is 5.14. The van der Waals surface area contributed by atoms with Crippen LogP contribution in [-0.4, -0.2) is 65.0 Å². The molecule has 2 heterocycles. The SMILES string of the molecule is O=C(O)CC(NC(=O)c1ccc(N2CCCN(C(=O)C3CC3)CC2)c(NC(=O)OCc2ccccc2)c1)c1cccnc1. The highest BCUT2D eigenvalue weighted by Gasteiger charge is 2.34. The molecule has 5 rings (SSSR count). The summed E-state index contributed by atoms with van der Waals surface area (Å²) < 4.78 is 5.45. The number of amides is 3. The first-order valence-electron chi connectivity index (χ1n) is 14.5. The van der Waals surface area contributed by atoms with Gasteiger partial charge in [0.1, 0.15) is 6.61 Å². The number of hydrogen-bond donors (Lipinski definition) is 3. The normalized spacial score (nSPS) is 15.6. The van der Waals surface area contributed by atoms with Crippen molar-refractivity contribution in [2.45, 2.75) is 38.3 Å². The van der Waals surface area contributed by atoms with Crippen LogP contribution in [0, 0.1) is 5.92 Å². The molecule has 3 amide bonds. The second-order valence-corrected chi connectivity index (χ2v) is 10.8. The van der Waals surface area contributed by atoms with Crippen LogP contribution in [0.3, 0.4) is 0 Å². The number of ether oxygens (including phenoxy) is 1. The topological polar surface area (TPSA) is 141 Å². The molecule has 2 fully saturated rings. The molecule has 3 N–H and O–H groups in total. The number of anilines is 2. The number of carbonyl (C=O) groups excluding carboxylic acids is 3. The summed E-state index contributed by atoms with van der Waals surface area (Å²) in [6.07, 6.45) is 4.76. The summed E-state index contributed by atoms with van der Waals surface area (Å²) in [5.74, 6) is -1.21. The summed E-state index contributed by atoms with van der Waals surface area (Å²) in [4.78, 5) is 58.5. The maximum Gasteiger partial charge on any atom is 0.412 e. The smallest absolute Gasteiger partial charge is 0.412 e. The van der Waals surface area contributed by atoms with Gasteiger partial charge in [0.15, 0.2) is 0 Å². The average Bonchev–Trinajstić information content (AvgIpc) is 3.88. The Balaban J connectivity index is 1.36. The van der Waals surface area contributed by atoms with Crippen LogP contribution in [0.25, 0.3) is 0 Å². The first kappa shape index (κ1) is 29.6. The molecule has 43 heavy (non-hydrogen) atoms. The molecule has 0 spiro atoms. The fourth-order valence-corrected chi connectivity index (χ4v) is 5.14. The lowest BCUT2D eigenvalue weighted by Crippen LogP contribution is -2.36. The van der Waals surface area contributed by atoms with Crippen molar-refractivity contribution in [1.29, 1.82) is 0 Å². The Morgan fingerprint density at radius 3 is 2.51 bits per heavy atom. The van der Waals surface area contributed by atoms with Crippen molar-refractivity contribution in [3.05, 3.63) is 89.7 Å². The number of hydrogen-bond acceptors (Lipinski definition) is 7. The van der Waals surface area contributed by atoms with E-state index >= 15 is 0 Å². The molecule has 2 aliphatic rings. The van der Waals surface area contributed by atoms with Crippen molar-refractivity contribution in [3.8, 4) is 0 Å². The first-order valence-corrected chi connectivity index (χ1v) is 14.5. The van der Waals surface area contributed by atoms with Crippen molar-refractivity contribution in [3.63, 3.8) is 0 Å². The number of benzene rings is 2. The molecule has 1 unspecified atom stereocenters. The number of carboxylic acids is 1. The number of carboxylic acid groups (broad SMARTS) is 1. The minimum Gasteiger partial charge on any atom is -0.481 e. The number of pyridine rings is 1. The number of carbonyl (C=O) groups is 4. The molecule has 11 heteroatoms. The Morgan fingerprint density at radius 1 is 0.977 bits per heavy atom. The van der Waals surface area contributed by atoms with E-state index < -0.39 is 24.0 Å². The molecule has 1 aromatic heterocycles. The highest BCUT2D eigenvalue weighted by molar-refractivity contribution is 5.99. The Bertz CT molecular complexity index is 1450. The Hall–Kier alpha value is -4.93. The highest BCUT2D eigenvalue weighted by Crippen LogP contribution is 2.33. The van der Waals surface area contributed by atoms with E-state index in [1.165, 1.54) is 6.20 Å². The largest absolute Gasteiger partial charge is 0.481 e. The van der Waals surface area contributed by atoms with Gasteiger partial charge >= 0.3 is 12.1 Å². The van der Waals surface area contributed by atoms with Crippen LogP contribution in [0.1, 0.15) is 53.2 Å². The molecule has 1 aliphatic carbocycles. The Kier molecular flexibility index (Phi) is 9.50. The maximum atomic E-state index is 13.4. The summed E-state index contributed by atoms with van der Waals surface area (Å²) in [5.41, 5.74) is 2.71. The van der Waals surface area contributed by atoms with Crippen molar-refractivity contribution in [1.82, 2.24) is 15.2 Å². The molecule has 0 bridgehead atoms. The van der Waals surface area contributed by atoms with Gasteiger partial charge in [0, 0.05) is 50.1 Å². The molecule has 1 atom stereocenters. The summed E-state index contributed by atoms with van der Waals surface area (Å²) in [6, 6.07) is 16.8. The van der Waals surface area contributed by atoms with Gasteiger partial charge in [-0.3, -0.25) is 24.7 Å². The van der Waals surface area contributed by atoms with Gasteiger partial charge < -0.3 is 25.0 Å². The summed E-state index contributed by atoms with van der Waals surface area (Å²) in [6.45, 7) is 2.55. The molecule has 224 valence electrons. The van der Waals surface area contributed by atoms with Gasteiger partial charge in [-0.25, -0.2) is 4.79 Å². The predicted molar refractivity (Wildman–Crippen MR) is 160 cm³/mol. The van der Waals surface area contributed by atoms with Gasteiger partial charge in [0.2, 0.25) is 5.91 Å². The van der Waals surface area contributed by atoms with Gasteiger partial charge in [-0.2, -0.15) is 0 Å². The van der Waals surface area contributed by atoms with Gasteiger partial charge in [-0.05, 0) is 54.7 Å². The number of aliphatic carboxylic acids is 1. The third-order valence-electron chi connectivity index (χ3n) is 7.55. The lowest BCUT2D eigenvalue weighted by Gasteiger charge is -2.26. The van der Waals surface area contributed by atoms with Crippen molar-refractivity contribution < 1.29 is 29.0 Å². The maximum absolute atomic E-state index is 13.4. The second-order valence-electron chi connectivity index (χ2n) is 10.8. The summed E-state index contributed by atoms with van der Waals surface area (Å²) in [7, 11) is 0. The van der Waals surface area contributed by atoms with Gasteiger partial charge in [0.25, 0.3) is 5.91 Å². The molecular formula is C32H35N5O6. The van der Waals surface area contributed by atoms with Gasteiger partial charge in [-0.15, -0.1) is 0 Å². The van der Waals surface area contributed by atoms with E-state index in [4.69, 9.17) is 4.74 Å². The number of aromatic nitrogens is 1. The molecule has 1 saturated carbocycles. The monoisotopic (exact) mass is 585 g/mol. The molecule has 0 radical (unpaired) electrons. The average molecular weight is 586 g/mol. The van der Waals surface area contributed by atoms with E-state index in [9.17, 15) is 24.3 Å². The van der Waals surface area contributed by atoms with Crippen LogP contribution in [-0.2, 0) is 20.9 Å². The number of nitrogens with one attached hydrogen (secondary N) is 2. The third-order valence-corrected chi connectivity index (χ3v) is 7.55. The lowest BCUT2D eigenvalue weighted by molar-refractivity contribution is -0.137. The zero-order valence-electron chi connectivity index (χ0n) is 23.8. The highest BCUT2D eigenvalue weighted by atomic mass is 16.5. The Morgan fingerprint density at radius 2 is 1.79 bits per heavy atom. The van der Waals surface area contributed by atoms with E-state index in [2.05, 4.69) is 20.5 Å². The molecule has 1 saturated heterocycles. The van der Waals surface area contributed by atoms with E-state index in [1.807, 2.05) is 35.2 Å². The third kappa shape index (κ3) is 8.09.